The first-order valence-corrected chi connectivity index (χ1v) is 7.36. The van der Waals surface area contributed by atoms with Crippen molar-refractivity contribution in [1.82, 2.24) is 4.90 Å². The Bertz CT molecular complexity index is 350. The number of aliphatic hydroxyl groups excluding tert-OH is 1. The molecule has 1 saturated heterocycles. The molecule has 0 aliphatic carbocycles. The average molecular weight is 303 g/mol. The largest absolute Gasteiger partial charge is 0.445 e. The Kier molecular flexibility index (Phi) is 7.64. The van der Waals surface area contributed by atoms with E-state index in [9.17, 15) is 9.59 Å². The first-order valence-electron chi connectivity index (χ1n) is 6.48. The van der Waals surface area contributed by atoms with E-state index in [0.29, 0.717) is 19.6 Å². The van der Waals surface area contributed by atoms with E-state index in [1.54, 1.807) is 4.90 Å². The van der Waals surface area contributed by atoms with Crippen molar-refractivity contribution in [2.24, 2.45) is 0 Å². The highest BCUT2D eigenvalue weighted by atomic mass is 32.2. The zero-order valence-corrected chi connectivity index (χ0v) is 12.4. The number of rotatable bonds is 7. The quantitative estimate of drug-likeness (QED) is 0.559. The number of amides is 1. The molecule has 0 aromatic carbocycles. The first kappa shape index (κ1) is 17.0. The van der Waals surface area contributed by atoms with Crippen molar-refractivity contribution in [3.8, 4) is 0 Å². The maximum absolute atomic E-state index is 11.9. The molecule has 0 bridgehead atoms. The second-order valence-electron chi connectivity index (χ2n) is 4.44. The van der Waals surface area contributed by atoms with Crippen molar-refractivity contribution < 1.29 is 24.2 Å². The molecule has 1 amide bonds. The molecule has 0 unspecified atom stereocenters. The predicted octanol–water partition coefficient (Wildman–Crippen LogP) is 1.04. The summed E-state index contributed by atoms with van der Waals surface area (Å²) in [7, 11) is 0. The highest BCUT2D eigenvalue weighted by molar-refractivity contribution is 8.14. The molecule has 1 heterocycles. The smallest absolute Gasteiger partial charge is 0.410 e. The summed E-state index contributed by atoms with van der Waals surface area (Å²) >= 11 is 1.24. The minimum absolute atomic E-state index is 0.0336. The van der Waals surface area contributed by atoms with E-state index < -0.39 is 6.09 Å². The van der Waals surface area contributed by atoms with Crippen LogP contribution < -0.4 is 0 Å². The number of carbonyl (C=O) groups excluding carboxylic acids is 2. The zero-order valence-electron chi connectivity index (χ0n) is 11.6. The minimum Gasteiger partial charge on any atom is -0.445 e. The highest BCUT2D eigenvalue weighted by Gasteiger charge is 2.37. The molecule has 1 fully saturated rings. The predicted molar refractivity (Wildman–Crippen MR) is 76.6 cm³/mol. The number of hydrogen-bond donors (Lipinski definition) is 1. The second-order valence-corrected chi connectivity index (χ2v) is 5.91. The topological polar surface area (TPSA) is 76.1 Å². The fraction of sp³-hybridized carbons (Fsp3) is 0.692. The highest BCUT2D eigenvalue weighted by Crippen LogP contribution is 2.28. The van der Waals surface area contributed by atoms with E-state index in [2.05, 4.69) is 6.58 Å². The van der Waals surface area contributed by atoms with Crippen molar-refractivity contribution in [3.05, 3.63) is 12.7 Å². The standard InChI is InChI=1S/C13H21NO5S/c1-3-5-19-13(17)14-8-12(20-10(2)16)7-11(14)9-18-6-4-15/h3,11-12,15H,1,4-9H2,2H3/t11-,12-/m0/s1. The number of ether oxygens (including phenoxy) is 2. The van der Waals surface area contributed by atoms with Gasteiger partial charge in [0.05, 0.1) is 25.9 Å². The lowest BCUT2D eigenvalue weighted by molar-refractivity contribution is -0.109. The van der Waals surface area contributed by atoms with Gasteiger partial charge in [-0.25, -0.2) is 4.79 Å². The molecule has 1 N–H and O–H groups in total. The van der Waals surface area contributed by atoms with Gasteiger partial charge in [0.15, 0.2) is 5.12 Å². The van der Waals surface area contributed by atoms with Crippen LogP contribution in [0.5, 0.6) is 0 Å². The summed E-state index contributed by atoms with van der Waals surface area (Å²) in [5.74, 6) is 0. The Morgan fingerprint density at radius 1 is 1.55 bits per heavy atom. The number of hydrogen-bond acceptors (Lipinski definition) is 6. The monoisotopic (exact) mass is 303 g/mol. The summed E-state index contributed by atoms with van der Waals surface area (Å²) in [5.41, 5.74) is 0. The van der Waals surface area contributed by atoms with Crippen molar-refractivity contribution in [2.75, 3.05) is 33.0 Å². The minimum atomic E-state index is -0.422. The van der Waals surface area contributed by atoms with Crippen LogP contribution in [0.15, 0.2) is 12.7 Å². The van der Waals surface area contributed by atoms with E-state index in [4.69, 9.17) is 14.6 Å². The van der Waals surface area contributed by atoms with Gasteiger partial charge in [0, 0.05) is 18.7 Å². The van der Waals surface area contributed by atoms with Crippen LogP contribution in [0.25, 0.3) is 0 Å². The van der Waals surface area contributed by atoms with Gasteiger partial charge in [0.25, 0.3) is 0 Å². The van der Waals surface area contributed by atoms with E-state index in [1.807, 2.05) is 0 Å². The molecule has 1 aliphatic rings. The molecule has 0 spiro atoms. The van der Waals surface area contributed by atoms with Crippen molar-refractivity contribution in [3.63, 3.8) is 0 Å². The molecule has 6 nitrogen and oxygen atoms in total. The van der Waals surface area contributed by atoms with Crippen molar-refractivity contribution >= 4 is 23.0 Å². The molecule has 114 valence electrons. The summed E-state index contributed by atoms with van der Waals surface area (Å²) in [5, 5.41) is 8.81. The Balaban J connectivity index is 2.57. The molecule has 0 aromatic rings. The van der Waals surface area contributed by atoms with Gasteiger partial charge in [-0.15, -0.1) is 0 Å². The van der Waals surface area contributed by atoms with Crippen LogP contribution in [-0.4, -0.2) is 65.5 Å². The molecular formula is C13H21NO5S. The van der Waals surface area contributed by atoms with Crippen LogP contribution in [0.1, 0.15) is 13.3 Å². The van der Waals surface area contributed by atoms with Gasteiger partial charge in [-0.2, -0.15) is 0 Å². The number of likely N-dealkylation sites (tertiary alicyclic amines) is 1. The molecule has 20 heavy (non-hydrogen) atoms. The third-order valence-corrected chi connectivity index (χ3v) is 3.82. The van der Waals surface area contributed by atoms with Crippen LogP contribution in [0.3, 0.4) is 0 Å². The van der Waals surface area contributed by atoms with Gasteiger partial charge < -0.3 is 19.5 Å². The Hall–Kier alpha value is -1.05. The fourth-order valence-corrected chi connectivity index (χ4v) is 3.10. The average Bonchev–Trinajstić information content (AvgIpc) is 2.78. The van der Waals surface area contributed by atoms with Gasteiger partial charge in [0.2, 0.25) is 0 Å². The lowest BCUT2D eigenvalue weighted by Gasteiger charge is -2.23. The van der Waals surface area contributed by atoms with Crippen LogP contribution in [0.2, 0.25) is 0 Å². The molecule has 0 aromatic heterocycles. The van der Waals surface area contributed by atoms with Gasteiger partial charge in [0.1, 0.15) is 6.61 Å². The van der Waals surface area contributed by atoms with E-state index in [1.165, 1.54) is 24.8 Å². The molecular weight excluding hydrogens is 282 g/mol. The molecule has 7 heteroatoms. The lowest BCUT2D eigenvalue weighted by Crippen LogP contribution is -2.39. The van der Waals surface area contributed by atoms with Crippen LogP contribution in [0.4, 0.5) is 4.79 Å². The third-order valence-electron chi connectivity index (χ3n) is 2.81. The van der Waals surface area contributed by atoms with Gasteiger partial charge in [-0.05, 0) is 6.42 Å². The zero-order chi connectivity index (χ0) is 15.0. The van der Waals surface area contributed by atoms with Gasteiger partial charge >= 0.3 is 6.09 Å². The van der Waals surface area contributed by atoms with Crippen molar-refractivity contribution in [1.29, 1.82) is 0 Å². The first-order chi connectivity index (χ1) is 9.58. The second kappa shape index (κ2) is 8.99. The Labute approximate surface area is 123 Å². The molecule has 0 saturated carbocycles. The molecule has 2 atom stereocenters. The molecule has 1 aliphatic heterocycles. The summed E-state index contributed by atoms with van der Waals surface area (Å²) < 4.78 is 10.3. The number of carbonyl (C=O) groups is 2. The summed E-state index contributed by atoms with van der Waals surface area (Å²) in [4.78, 5) is 24.7. The summed E-state index contributed by atoms with van der Waals surface area (Å²) in [6, 6.07) is -0.129. The van der Waals surface area contributed by atoms with E-state index in [0.717, 1.165) is 0 Å². The summed E-state index contributed by atoms with van der Waals surface area (Å²) in [6.07, 6.45) is 1.76. The number of thioether (sulfide) groups is 1. The lowest BCUT2D eigenvalue weighted by atomic mass is 10.2. The maximum Gasteiger partial charge on any atom is 0.410 e. The Morgan fingerprint density at radius 3 is 2.90 bits per heavy atom. The fourth-order valence-electron chi connectivity index (χ4n) is 2.07. The Morgan fingerprint density at radius 2 is 2.30 bits per heavy atom. The van der Waals surface area contributed by atoms with Crippen molar-refractivity contribution in [2.45, 2.75) is 24.6 Å². The molecule has 1 rings (SSSR count). The van der Waals surface area contributed by atoms with Gasteiger partial charge in [-0.1, -0.05) is 24.4 Å². The normalized spacial score (nSPS) is 21.8. The maximum atomic E-state index is 11.9. The molecule has 0 radical (unpaired) electrons. The summed E-state index contributed by atoms with van der Waals surface area (Å²) in [6.45, 7) is 6.14. The SMILES string of the molecule is C=CCOC(=O)N1C[C@@H](SC(C)=O)C[C@H]1COCCO. The number of aliphatic hydroxyl groups is 1. The van der Waals surface area contributed by atoms with Crippen LogP contribution in [0, 0.1) is 0 Å². The number of nitrogens with zero attached hydrogens (tertiary/aromatic N) is 1. The van der Waals surface area contributed by atoms with Crippen LogP contribution in [-0.2, 0) is 14.3 Å². The van der Waals surface area contributed by atoms with E-state index >= 15 is 0 Å². The van der Waals surface area contributed by atoms with E-state index in [-0.39, 0.29) is 36.2 Å². The third kappa shape index (κ3) is 5.52. The van der Waals surface area contributed by atoms with Crippen LogP contribution >= 0.6 is 11.8 Å². The van der Waals surface area contributed by atoms with Gasteiger partial charge in [-0.3, -0.25) is 4.79 Å².